The van der Waals surface area contributed by atoms with E-state index in [2.05, 4.69) is 17.4 Å². The van der Waals surface area contributed by atoms with Crippen molar-refractivity contribution < 1.29 is 19.1 Å². The topological polar surface area (TPSA) is 75.7 Å². The van der Waals surface area contributed by atoms with E-state index in [0.29, 0.717) is 22.9 Å². The van der Waals surface area contributed by atoms with Crippen molar-refractivity contribution in [3.63, 3.8) is 0 Å². The molecule has 4 bridgehead atoms. The number of benzene rings is 2. The molecule has 4 aliphatic carbocycles. The molecule has 3 amide bonds. The third-order valence-electron chi connectivity index (χ3n) is 9.17. The average Bonchev–Trinajstić information content (AvgIpc) is 3.14. The molecule has 0 aromatic heterocycles. The summed E-state index contributed by atoms with van der Waals surface area (Å²) in [6.07, 6.45) is 9.67. The van der Waals surface area contributed by atoms with Gasteiger partial charge in [-0.05, 0) is 129 Å². The summed E-state index contributed by atoms with van der Waals surface area (Å²) in [6.45, 7) is 5.97. The Morgan fingerprint density at radius 2 is 1.69 bits per heavy atom. The number of aryl methyl sites for hydroxylation is 2. The highest BCUT2D eigenvalue weighted by atomic mass is 32.2. The predicted molar refractivity (Wildman–Crippen MR) is 155 cm³/mol. The summed E-state index contributed by atoms with van der Waals surface area (Å²) in [5.74, 6) is 2.37. The van der Waals surface area contributed by atoms with Crippen molar-refractivity contribution in [1.82, 2.24) is 4.90 Å². The van der Waals surface area contributed by atoms with E-state index in [4.69, 9.17) is 4.74 Å². The molecule has 7 rings (SSSR count). The van der Waals surface area contributed by atoms with Gasteiger partial charge in [-0.25, -0.2) is 0 Å². The van der Waals surface area contributed by atoms with Gasteiger partial charge in [0, 0.05) is 11.3 Å². The molecule has 5 aliphatic rings. The van der Waals surface area contributed by atoms with Crippen LogP contribution >= 0.6 is 11.8 Å². The van der Waals surface area contributed by atoms with Gasteiger partial charge in [0.2, 0.25) is 5.91 Å². The van der Waals surface area contributed by atoms with Crippen LogP contribution in [-0.2, 0) is 15.0 Å². The van der Waals surface area contributed by atoms with E-state index in [1.165, 1.54) is 44.1 Å². The van der Waals surface area contributed by atoms with Crippen LogP contribution in [0.15, 0.2) is 41.3 Å². The van der Waals surface area contributed by atoms with Crippen LogP contribution in [0.4, 0.5) is 10.5 Å². The fraction of sp³-hybridized carbons (Fsp3) is 0.469. The second-order valence-corrected chi connectivity index (χ2v) is 13.0. The van der Waals surface area contributed by atoms with Gasteiger partial charge in [-0.15, -0.1) is 0 Å². The van der Waals surface area contributed by atoms with Crippen LogP contribution in [0.3, 0.4) is 0 Å². The van der Waals surface area contributed by atoms with Crippen LogP contribution in [0.25, 0.3) is 6.08 Å². The Labute approximate surface area is 234 Å². The lowest BCUT2D eigenvalue weighted by Gasteiger charge is -2.57. The monoisotopic (exact) mass is 544 g/mol. The number of carbonyl (C=O) groups is 3. The highest BCUT2D eigenvalue weighted by Crippen LogP contribution is 2.61. The Kier molecular flexibility index (Phi) is 6.82. The number of hydrogen-bond acceptors (Lipinski definition) is 5. The molecular weight excluding hydrogens is 508 g/mol. The Bertz CT molecular complexity index is 1320. The minimum atomic E-state index is -0.440. The van der Waals surface area contributed by atoms with Crippen LogP contribution in [0.1, 0.15) is 67.7 Å². The molecule has 0 spiro atoms. The highest BCUT2D eigenvalue weighted by Gasteiger charge is 2.51. The van der Waals surface area contributed by atoms with Gasteiger partial charge in [0.15, 0.2) is 0 Å². The second-order valence-electron chi connectivity index (χ2n) is 12.0. The lowest BCUT2D eigenvalue weighted by molar-refractivity contribution is -0.127. The summed E-state index contributed by atoms with van der Waals surface area (Å²) in [4.78, 5) is 40.3. The standard InChI is InChI=1S/C32H36N2O4S/c1-4-38-26-9-8-25(32-15-21-10-22(16-32)12-23(11-21)17-32)13-24(26)14-27-30(36)34(31(37)39-27)18-28(35)33-29-19(2)6-5-7-20(29)3/h5-9,13-14,21-23H,4,10-12,15-18H2,1-3H3,(H,33,35)/b27-14+. The number of amides is 3. The average molecular weight is 545 g/mol. The van der Waals surface area contributed by atoms with Gasteiger partial charge in [-0.3, -0.25) is 19.3 Å². The first-order valence-electron chi connectivity index (χ1n) is 14.1. The van der Waals surface area contributed by atoms with Crippen molar-refractivity contribution in [3.05, 3.63) is 63.6 Å². The minimum Gasteiger partial charge on any atom is -0.493 e. The summed E-state index contributed by atoms with van der Waals surface area (Å²) < 4.78 is 5.94. The van der Waals surface area contributed by atoms with Gasteiger partial charge in [0.25, 0.3) is 11.1 Å². The van der Waals surface area contributed by atoms with Crippen LogP contribution in [-0.4, -0.2) is 35.1 Å². The molecule has 2 aromatic carbocycles. The highest BCUT2D eigenvalue weighted by molar-refractivity contribution is 8.18. The third kappa shape index (κ3) is 4.90. The number of nitrogens with zero attached hydrogens (tertiary/aromatic N) is 1. The van der Waals surface area contributed by atoms with E-state index in [1.807, 2.05) is 45.0 Å². The van der Waals surface area contributed by atoms with Crippen LogP contribution < -0.4 is 10.1 Å². The lowest BCUT2D eigenvalue weighted by atomic mass is 9.48. The molecule has 0 atom stereocenters. The SMILES string of the molecule is CCOc1ccc(C23CC4CC(CC(C4)C2)C3)cc1/C=C1/SC(=O)N(CC(=O)Nc2c(C)cccc2C)C1=O. The molecule has 2 aromatic rings. The number of hydrogen-bond donors (Lipinski definition) is 1. The quantitative estimate of drug-likeness (QED) is 0.386. The van der Waals surface area contributed by atoms with Crippen molar-refractivity contribution >= 4 is 40.6 Å². The van der Waals surface area contributed by atoms with Crippen LogP contribution in [0, 0.1) is 31.6 Å². The van der Waals surface area contributed by atoms with Gasteiger partial charge in [-0.1, -0.05) is 24.3 Å². The molecule has 204 valence electrons. The minimum absolute atomic E-state index is 0.215. The van der Waals surface area contributed by atoms with Gasteiger partial charge < -0.3 is 10.1 Å². The summed E-state index contributed by atoms with van der Waals surface area (Å²) in [5, 5.41) is 2.44. The van der Waals surface area contributed by atoms with E-state index in [0.717, 1.165) is 51.1 Å². The number of thioether (sulfide) groups is 1. The molecule has 7 heteroatoms. The molecule has 5 fully saturated rings. The number of carbonyl (C=O) groups excluding carboxylic acids is 3. The van der Waals surface area contributed by atoms with E-state index in [-0.39, 0.29) is 12.0 Å². The summed E-state index contributed by atoms with van der Waals surface area (Å²) in [5.41, 5.74) is 4.96. The Hall–Kier alpha value is -3.06. The smallest absolute Gasteiger partial charge is 0.294 e. The number of nitrogens with one attached hydrogen (secondary N) is 1. The van der Waals surface area contributed by atoms with Gasteiger partial charge in [0.1, 0.15) is 12.3 Å². The van der Waals surface area contributed by atoms with Gasteiger partial charge in [0.05, 0.1) is 11.5 Å². The number of imide groups is 1. The summed E-state index contributed by atoms with van der Waals surface area (Å²) in [7, 11) is 0. The van der Waals surface area contributed by atoms with Crippen molar-refractivity contribution in [2.45, 2.75) is 64.7 Å². The number of ether oxygens (including phenoxy) is 1. The molecular formula is C32H36N2O4S. The molecule has 0 unspecified atom stereocenters. The largest absolute Gasteiger partial charge is 0.493 e. The van der Waals surface area contributed by atoms with Crippen molar-refractivity contribution in [1.29, 1.82) is 0 Å². The zero-order valence-corrected chi connectivity index (χ0v) is 23.7. The first-order chi connectivity index (χ1) is 18.7. The second kappa shape index (κ2) is 10.2. The maximum atomic E-state index is 13.3. The number of anilines is 1. The zero-order valence-electron chi connectivity index (χ0n) is 22.9. The fourth-order valence-corrected chi connectivity index (χ4v) is 8.68. The van der Waals surface area contributed by atoms with Crippen LogP contribution in [0.2, 0.25) is 0 Å². The first kappa shape index (κ1) is 26.2. The molecule has 1 heterocycles. The van der Waals surface area contributed by atoms with E-state index < -0.39 is 17.1 Å². The summed E-state index contributed by atoms with van der Waals surface area (Å²) in [6, 6.07) is 12.2. The molecule has 4 saturated carbocycles. The van der Waals surface area contributed by atoms with E-state index in [1.54, 1.807) is 6.08 Å². The number of para-hydroxylation sites is 1. The zero-order chi connectivity index (χ0) is 27.3. The molecule has 6 nitrogen and oxygen atoms in total. The van der Waals surface area contributed by atoms with Gasteiger partial charge >= 0.3 is 0 Å². The molecule has 1 saturated heterocycles. The Balaban J connectivity index is 1.24. The molecule has 0 radical (unpaired) electrons. The third-order valence-corrected chi connectivity index (χ3v) is 10.1. The first-order valence-corrected chi connectivity index (χ1v) is 14.9. The van der Waals surface area contributed by atoms with E-state index in [9.17, 15) is 14.4 Å². The fourth-order valence-electron chi connectivity index (χ4n) is 7.85. The summed E-state index contributed by atoms with van der Waals surface area (Å²) >= 11 is 0.886. The Morgan fingerprint density at radius 1 is 1.05 bits per heavy atom. The molecule has 39 heavy (non-hydrogen) atoms. The number of rotatable bonds is 7. The Morgan fingerprint density at radius 3 is 2.31 bits per heavy atom. The maximum absolute atomic E-state index is 13.3. The van der Waals surface area contributed by atoms with Crippen molar-refractivity contribution in [2.24, 2.45) is 17.8 Å². The van der Waals surface area contributed by atoms with Crippen molar-refractivity contribution in [3.8, 4) is 5.75 Å². The lowest BCUT2D eigenvalue weighted by Crippen LogP contribution is -2.48. The van der Waals surface area contributed by atoms with E-state index >= 15 is 0 Å². The van der Waals surface area contributed by atoms with Crippen molar-refractivity contribution in [2.75, 3.05) is 18.5 Å². The van der Waals surface area contributed by atoms with Crippen LogP contribution in [0.5, 0.6) is 5.75 Å². The predicted octanol–water partition coefficient (Wildman–Crippen LogP) is 6.84. The maximum Gasteiger partial charge on any atom is 0.294 e. The molecule has 1 aliphatic heterocycles. The normalized spacial score (nSPS) is 28.4. The molecule has 1 N–H and O–H groups in total. The van der Waals surface area contributed by atoms with Gasteiger partial charge in [-0.2, -0.15) is 0 Å².